The van der Waals surface area contributed by atoms with Crippen LogP contribution < -0.4 is 11.3 Å². The van der Waals surface area contributed by atoms with Gasteiger partial charge in [-0.3, -0.25) is 13.9 Å². The number of imidazole rings is 1. The van der Waals surface area contributed by atoms with Crippen molar-refractivity contribution in [3.8, 4) is 27.6 Å². The quantitative estimate of drug-likeness (QED) is 0.439. The van der Waals surface area contributed by atoms with E-state index in [9.17, 15) is 4.79 Å². The molecule has 4 aromatic heterocycles. The number of nitrogens with two attached hydrogens (primary N) is 1. The Bertz CT molecular complexity index is 1720. The highest BCUT2D eigenvalue weighted by Crippen LogP contribution is 2.32. The van der Waals surface area contributed by atoms with Gasteiger partial charge in [-0.1, -0.05) is 30.3 Å². The molecule has 4 heterocycles. The zero-order chi connectivity index (χ0) is 22.7. The van der Waals surface area contributed by atoms with Crippen LogP contribution >= 0.6 is 11.3 Å². The molecule has 0 saturated heterocycles. The van der Waals surface area contributed by atoms with Crippen molar-refractivity contribution in [3.05, 3.63) is 76.0 Å². The zero-order valence-corrected chi connectivity index (χ0v) is 18.6. The molecule has 6 rings (SSSR count). The molecule has 10 heteroatoms. The van der Waals surface area contributed by atoms with Gasteiger partial charge in [0.1, 0.15) is 10.8 Å². The third kappa shape index (κ3) is 2.81. The second kappa shape index (κ2) is 7.10. The van der Waals surface area contributed by atoms with Gasteiger partial charge in [-0.25, -0.2) is 14.6 Å². The van der Waals surface area contributed by atoms with Crippen LogP contribution in [0.3, 0.4) is 0 Å². The van der Waals surface area contributed by atoms with Gasteiger partial charge >= 0.3 is 0 Å². The first-order valence-electron chi connectivity index (χ1n) is 10.2. The average molecular weight is 455 g/mol. The molecule has 0 unspecified atom stereocenters. The first-order valence-corrected chi connectivity index (χ1v) is 11.1. The number of hydrogen-bond donors (Lipinski definition) is 1. The van der Waals surface area contributed by atoms with Crippen molar-refractivity contribution < 1.29 is 0 Å². The van der Waals surface area contributed by atoms with Crippen LogP contribution in [0.5, 0.6) is 0 Å². The molecule has 0 atom stereocenters. The summed E-state index contributed by atoms with van der Waals surface area (Å²) in [5.74, 6) is 0.833. The Morgan fingerprint density at radius 2 is 1.73 bits per heavy atom. The fourth-order valence-corrected chi connectivity index (χ4v) is 4.88. The smallest absolute Gasteiger partial charge is 0.281 e. The molecule has 0 saturated carbocycles. The summed E-state index contributed by atoms with van der Waals surface area (Å²) in [7, 11) is 1.86. The van der Waals surface area contributed by atoms with Crippen molar-refractivity contribution in [3.63, 3.8) is 0 Å². The highest BCUT2D eigenvalue weighted by molar-refractivity contribution is 7.13. The summed E-state index contributed by atoms with van der Waals surface area (Å²) in [6.45, 7) is 1.91. The van der Waals surface area contributed by atoms with Gasteiger partial charge in [0.25, 0.3) is 11.3 Å². The van der Waals surface area contributed by atoms with Crippen LogP contribution in [-0.4, -0.2) is 33.9 Å². The lowest BCUT2D eigenvalue weighted by Crippen LogP contribution is -2.20. The number of nitrogens with zero attached hydrogens (tertiary/aromatic N) is 7. The number of aromatic nitrogens is 7. The first-order chi connectivity index (χ1) is 16.0. The van der Waals surface area contributed by atoms with Crippen molar-refractivity contribution in [1.29, 1.82) is 0 Å². The van der Waals surface area contributed by atoms with E-state index in [4.69, 9.17) is 10.7 Å². The maximum atomic E-state index is 13.4. The highest BCUT2D eigenvalue weighted by Gasteiger charge is 2.22. The van der Waals surface area contributed by atoms with Crippen molar-refractivity contribution in [2.24, 2.45) is 7.05 Å². The van der Waals surface area contributed by atoms with E-state index in [1.54, 1.807) is 9.08 Å². The van der Waals surface area contributed by atoms with Gasteiger partial charge in [-0.2, -0.15) is 0 Å². The van der Waals surface area contributed by atoms with Gasteiger partial charge in [-0.15, -0.1) is 21.5 Å². The molecule has 2 N–H and O–H groups in total. The molecular weight excluding hydrogens is 436 g/mol. The minimum absolute atomic E-state index is 0.131. The maximum absolute atomic E-state index is 13.4. The van der Waals surface area contributed by atoms with E-state index in [2.05, 4.69) is 15.2 Å². The number of hydrogen-bond acceptors (Lipinski definition) is 7. The van der Waals surface area contributed by atoms with Gasteiger partial charge in [0.15, 0.2) is 5.69 Å². The van der Waals surface area contributed by atoms with Crippen molar-refractivity contribution >= 4 is 34.0 Å². The molecule has 0 aliphatic heterocycles. The molecule has 0 aliphatic rings. The number of fused-ring (bicyclic) bond motifs is 3. The monoisotopic (exact) mass is 454 g/mol. The van der Waals surface area contributed by atoms with E-state index in [1.165, 1.54) is 11.3 Å². The average Bonchev–Trinajstić information content (AvgIpc) is 3.50. The Morgan fingerprint density at radius 1 is 0.970 bits per heavy atom. The summed E-state index contributed by atoms with van der Waals surface area (Å²) in [6.07, 6.45) is 0. The maximum Gasteiger partial charge on any atom is 0.281 e. The molecule has 0 fully saturated rings. The minimum Gasteiger partial charge on any atom is -0.383 e. The summed E-state index contributed by atoms with van der Waals surface area (Å²) < 4.78 is 5.25. The van der Waals surface area contributed by atoms with Crippen LogP contribution in [-0.2, 0) is 7.05 Å². The molecule has 162 valence electrons. The first kappa shape index (κ1) is 19.4. The van der Waals surface area contributed by atoms with Gasteiger partial charge in [0.2, 0.25) is 0 Å². The summed E-state index contributed by atoms with van der Waals surface area (Å²) in [6, 6.07) is 17.2. The second-order valence-electron chi connectivity index (χ2n) is 7.64. The summed E-state index contributed by atoms with van der Waals surface area (Å²) in [5, 5.41) is 11.0. The molecule has 0 bridgehead atoms. The lowest BCUT2D eigenvalue weighted by Gasteiger charge is -2.07. The highest BCUT2D eigenvalue weighted by atomic mass is 32.1. The fourth-order valence-electron chi connectivity index (χ4n) is 4.08. The predicted octanol–water partition coefficient (Wildman–Crippen LogP) is 3.45. The van der Waals surface area contributed by atoms with Crippen LogP contribution in [0.1, 0.15) is 5.69 Å². The zero-order valence-electron chi connectivity index (χ0n) is 17.8. The standard InChI is InChI=1S/C23H18N8OS/c1-13-18(22(32)31(29(13)2)14-8-4-3-5-9-14)16-12-33-21(25-16)19-20(24)30-17-11-7-6-10-15(17)26-23(30)28-27-19/h3-12H,24H2,1-2H3. The van der Waals surface area contributed by atoms with Crippen LogP contribution in [0.15, 0.2) is 64.8 Å². The molecule has 0 spiro atoms. The number of nitrogen functional groups attached to an aromatic ring is 1. The van der Waals surface area contributed by atoms with Crippen LogP contribution in [0.25, 0.3) is 44.5 Å². The molecular formula is C23H18N8OS. The van der Waals surface area contributed by atoms with Gasteiger partial charge in [0.05, 0.1) is 28.0 Å². The number of benzene rings is 2. The van der Waals surface area contributed by atoms with E-state index in [-0.39, 0.29) is 5.56 Å². The molecule has 0 radical (unpaired) electrons. The van der Waals surface area contributed by atoms with E-state index < -0.39 is 0 Å². The number of anilines is 1. The topological polar surface area (TPSA) is 109 Å². The summed E-state index contributed by atoms with van der Waals surface area (Å²) in [5.41, 5.74) is 11.2. The van der Waals surface area contributed by atoms with Crippen LogP contribution in [0.4, 0.5) is 5.82 Å². The Balaban J connectivity index is 1.50. The number of rotatable bonds is 3. The molecule has 0 amide bonds. The van der Waals surface area contributed by atoms with E-state index >= 15 is 0 Å². The lowest BCUT2D eigenvalue weighted by molar-refractivity contribution is 0.630. The molecule has 33 heavy (non-hydrogen) atoms. The van der Waals surface area contributed by atoms with E-state index in [1.807, 2.05) is 78.6 Å². The Kier molecular flexibility index (Phi) is 4.17. The number of thiazole rings is 1. The largest absolute Gasteiger partial charge is 0.383 e. The second-order valence-corrected chi connectivity index (χ2v) is 8.50. The van der Waals surface area contributed by atoms with Crippen molar-refractivity contribution in [2.45, 2.75) is 6.92 Å². The summed E-state index contributed by atoms with van der Waals surface area (Å²) >= 11 is 1.37. The minimum atomic E-state index is -0.131. The van der Waals surface area contributed by atoms with Crippen molar-refractivity contribution in [2.75, 3.05) is 5.73 Å². The predicted molar refractivity (Wildman–Crippen MR) is 129 cm³/mol. The Hall–Kier alpha value is -4.31. The molecule has 2 aromatic carbocycles. The third-order valence-corrected chi connectivity index (χ3v) is 6.63. The van der Waals surface area contributed by atoms with Crippen LogP contribution in [0.2, 0.25) is 0 Å². The lowest BCUT2D eigenvalue weighted by atomic mass is 10.2. The van der Waals surface area contributed by atoms with Gasteiger partial charge < -0.3 is 5.73 Å². The summed E-state index contributed by atoms with van der Waals surface area (Å²) in [4.78, 5) is 22.6. The van der Waals surface area contributed by atoms with Crippen molar-refractivity contribution in [1.82, 2.24) is 33.9 Å². The Morgan fingerprint density at radius 3 is 2.55 bits per heavy atom. The molecule has 0 aliphatic carbocycles. The third-order valence-electron chi connectivity index (χ3n) is 5.78. The van der Waals surface area contributed by atoms with Gasteiger partial charge in [-0.05, 0) is 31.2 Å². The Labute approximate surface area is 191 Å². The normalized spacial score (nSPS) is 11.6. The van der Waals surface area contributed by atoms with Crippen LogP contribution in [0, 0.1) is 6.92 Å². The van der Waals surface area contributed by atoms with Gasteiger partial charge in [0, 0.05) is 18.1 Å². The fraction of sp³-hybridized carbons (Fsp3) is 0.0870. The number of para-hydroxylation sites is 3. The molecule has 9 nitrogen and oxygen atoms in total. The van der Waals surface area contributed by atoms with E-state index in [0.717, 1.165) is 22.4 Å². The van der Waals surface area contributed by atoms with E-state index in [0.29, 0.717) is 33.6 Å². The molecule has 6 aromatic rings. The SMILES string of the molecule is Cc1c(-c2csc(-c3nnc4nc5ccccc5n4c3N)n2)c(=O)n(-c2ccccc2)n1C.